The van der Waals surface area contributed by atoms with Crippen LogP contribution in [0.4, 0.5) is 5.82 Å². The maximum absolute atomic E-state index is 12.2. The molecule has 4 heteroatoms. The van der Waals surface area contributed by atoms with Crippen molar-refractivity contribution < 1.29 is 4.79 Å². The van der Waals surface area contributed by atoms with Gasteiger partial charge in [-0.1, -0.05) is 30.3 Å². The van der Waals surface area contributed by atoms with Gasteiger partial charge >= 0.3 is 0 Å². The van der Waals surface area contributed by atoms with E-state index >= 15 is 0 Å². The second-order valence-corrected chi connectivity index (χ2v) is 6.61. The molecular weight excluding hydrogens is 274 g/mol. The molecule has 2 aliphatic carbocycles. The largest absolute Gasteiger partial charge is 0.311 e. The molecule has 0 saturated heterocycles. The van der Waals surface area contributed by atoms with E-state index in [9.17, 15) is 4.79 Å². The van der Waals surface area contributed by atoms with Gasteiger partial charge in [0.25, 0.3) is 0 Å². The van der Waals surface area contributed by atoms with E-state index in [1.807, 2.05) is 16.8 Å². The van der Waals surface area contributed by atoms with E-state index in [1.54, 1.807) is 6.20 Å². The lowest BCUT2D eigenvalue weighted by Crippen LogP contribution is -2.16. The summed E-state index contributed by atoms with van der Waals surface area (Å²) in [7, 11) is 0. The summed E-state index contributed by atoms with van der Waals surface area (Å²) >= 11 is 0. The Labute approximate surface area is 130 Å². The molecule has 4 nitrogen and oxygen atoms in total. The maximum Gasteiger partial charge on any atom is 0.225 e. The molecule has 2 fully saturated rings. The van der Waals surface area contributed by atoms with Crippen LogP contribution in [-0.2, 0) is 11.3 Å². The second kappa shape index (κ2) is 5.59. The predicted molar refractivity (Wildman–Crippen MR) is 85.5 cm³/mol. The molecule has 4 rings (SSSR count). The van der Waals surface area contributed by atoms with E-state index in [4.69, 9.17) is 0 Å². The number of anilines is 1. The number of amides is 1. The minimum Gasteiger partial charge on any atom is -0.311 e. The molecule has 114 valence electrons. The Bertz CT molecular complexity index is 660. The average Bonchev–Trinajstić information content (AvgIpc) is 3.42. The molecule has 0 aliphatic heterocycles. The highest BCUT2D eigenvalue weighted by Gasteiger charge is 2.39. The Morgan fingerprint density at radius 2 is 2.05 bits per heavy atom. The van der Waals surface area contributed by atoms with E-state index < -0.39 is 0 Å². The molecule has 2 aromatic rings. The van der Waals surface area contributed by atoms with Gasteiger partial charge in [0.05, 0.1) is 6.20 Å². The van der Waals surface area contributed by atoms with Gasteiger partial charge in [0.15, 0.2) is 0 Å². The van der Waals surface area contributed by atoms with Crippen molar-refractivity contribution in [2.75, 3.05) is 5.32 Å². The van der Waals surface area contributed by atoms with Crippen LogP contribution in [0, 0.1) is 11.8 Å². The molecule has 1 aromatic heterocycles. The summed E-state index contributed by atoms with van der Waals surface area (Å²) in [5.74, 6) is 2.75. The third kappa shape index (κ3) is 3.06. The van der Waals surface area contributed by atoms with Gasteiger partial charge < -0.3 is 5.32 Å². The van der Waals surface area contributed by atoms with Crippen LogP contribution in [0.1, 0.15) is 37.2 Å². The highest BCUT2D eigenvalue weighted by Crippen LogP contribution is 2.49. The summed E-state index contributed by atoms with van der Waals surface area (Å²) < 4.78 is 1.93. The minimum atomic E-state index is 0.112. The van der Waals surface area contributed by atoms with Crippen molar-refractivity contribution in [3.8, 4) is 0 Å². The molecule has 1 heterocycles. The van der Waals surface area contributed by atoms with Crippen molar-refractivity contribution in [3.63, 3.8) is 0 Å². The lowest BCUT2D eigenvalue weighted by atomic mass is 10.1. The van der Waals surface area contributed by atoms with Gasteiger partial charge in [-0.2, -0.15) is 5.10 Å². The minimum absolute atomic E-state index is 0.112. The average molecular weight is 295 g/mol. The molecule has 1 amide bonds. The molecule has 1 aromatic carbocycles. The Kier molecular flexibility index (Phi) is 3.45. The van der Waals surface area contributed by atoms with Crippen LogP contribution < -0.4 is 5.32 Å². The number of carbonyl (C=O) groups excluding carboxylic acids is 1. The van der Waals surface area contributed by atoms with Gasteiger partial charge in [0.1, 0.15) is 5.82 Å². The Morgan fingerprint density at radius 3 is 2.82 bits per heavy atom. The van der Waals surface area contributed by atoms with Gasteiger partial charge in [-0.15, -0.1) is 0 Å². The van der Waals surface area contributed by atoms with Crippen molar-refractivity contribution in [2.45, 2.75) is 38.1 Å². The zero-order chi connectivity index (χ0) is 14.9. The first kappa shape index (κ1) is 13.6. The number of benzene rings is 1. The van der Waals surface area contributed by atoms with Crippen molar-refractivity contribution in [1.29, 1.82) is 0 Å². The number of aromatic nitrogens is 2. The van der Waals surface area contributed by atoms with Crippen LogP contribution in [0.2, 0.25) is 0 Å². The van der Waals surface area contributed by atoms with Crippen molar-refractivity contribution >= 4 is 11.7 Å². The Morgan fingerprint density at radius 1 is 1.23 bits per heavy atom. The third-order valence-electron chi connectivity index (χ3n) is 4.71. The predicted octanol–water partition coefficient (Wildman–Crippen LogP) is 3.43. The molecule has 0 radical (unpaired) electrons. The summed E-state index contributed by atoms with van der Waals surface area (Å²) in [4.78, 5) is 12.2. The van der Waals surface area contributed by atoms with Crippen molar-refractivity contribution in [3.05, 3.63) is 48.2 Å². The normalized spacial score (nSPS) is 23.3. The van der Waals surface area contributed by atoms with E-state index in [2.05, 4.69) is 34.7 Å². The quantitative estimate of drug-likeness (QED) is 0.887. The Hall–Kier alpha value is -2.10. The number of hydrogen-bond acceptors (Lipinski definition) is 2. The lowest BCUT2D eigenvalue weighted by molar-refractivity contribution is -0.116. The molecular formula is C18H21N3O. The van der Waals surface area contributed by atoms with E-state index in [0.717, 1.165) is 24.7 Å². The maximum atomic E-state index is 12.2. The number of nitrogens with zero attached hydrogens (tertiary/aromatic N) is 2. The van der Waals surface area contributed by atoms with Crippen LogP contribution >= 0.6 is 0 Å². The van der Waals surface area contributed by atoms with Crippen molar-refractivity contribution in [2.24, 2.45) is 11.8 Å². The third-order valence-corrected chi connectivity index (χ3v) is 4.71. The summed E-state index contributed by atoms with van der Waals surface area (Å²) in [5, 5.41) is 7.34. The zero-order valence-electron chi connectivity index (χ0n) is 12.6. The molecule has 22 heavy (non-hydrogen) atoms. The molecule has 2 atom stereocenters. The highest BCUT2D eigenvalue weighted by molar-refractivity contribution is 5.90. The fourth-order valence-corrected chi connectivity index (χ4v) is 3.14. The van der Waals surface area contributed by atoms with Gasteiger partial charge in [0, 0.05) is 19.0 Å². The summed E-state index contributed by atoms with van der Waals surface area (Å²) in [6.45, 7) is 0.929. The molecule has 1 N–H and O–H groups in total. The first-order valence-electron chi connectivity index (χ1n) is 8.16. The second-order valence-electron chi connectivity index (χ2n) is 6.61. The topological polar surface area (TPSA) is 46.9 Å². The zero-order valence-corrected chi connectivity index (χ0v) is 12.6. The van der Waals surface area contributed by atoms with Crippen LogP contribution in [0.25, 0.3) is 0 Å². The molecule has 0 unspecified atom stereocenters. The SMILES string of the molecule is O=C(C[C@@H]1C[C@H]1c1ccccc1)Nc1ccnn1CC1CC1. The van der Waals surface area contributed by atoms with Crippen LogP contribution in [-0.4, -0.2) is 15.7 Å². The number of nitrogens with one attached hydrogen (secondary N) is 1. The Balaban J connectivity index is 1.31. The highest BCUT2D eigenvalue weighted by atomic mass is 16.1. The number of hydrogen-bond donors (Lipinski definition) is 1. The standard InChI is InChI=1S/C18H21N3O/c22-18(11-15-10-16(15)14-4-2-1-3-5-14)20-17-8-9-19-21(17)12-13-6-7-13/h1-5,8-9,13,15-16H,6-7,10-12H2,(H,20,22)/t15-,16-/m0/s1. The fraction of sp³-hybridized carbons (Fsp3) is 0.444. The summed E-state index contributed by atoms with van der Waals surface area (Å²) in [6, 6.07) is 12.4. The van der Waals surface area contributed by atoms with E-state index in [1.165, 1.54) is 18.4 Å². The molecule has 2 aliphatic rings. The van der Waals surface area contributed by atoms with E-state index in [-0.39, 0.29) is 5.91 Å². The first-order chi connectivity index (χ1) is 10.8. The molecule has 2 saturated carbocycles. The first-order valence-corrected chi connectivity index (χ1v) is 8.16. The van der Waals surface area contributed by atoms with Crippen LogP contribution in [0.5, 0.6) is 0 Å². The smallest absolute Gasteiger partial charge is 0.225 e. The monoisotopic (exact) mass is 295 g/mol. The lowest BCUT2D eigenvalue weighted by Gasteiger charge is -2.08. The number of rotatable bonds is 6. The van der Waals surface area contributed by atoms with E-state index in [0.29, 0.717) is 18.3 Å². The van der Waals surface area contributed by atoms with Crippen LogP contribution in [0.15, 0.2) is 42.6 Å². The van der Waals surface area contributed by atoms with Gasteiger partial charge in [-0.25, -0.2) is 4.68 Å². The van der Waals surface area contributed by atoms with Gasteiger partial charge in [-0.3, -0.25) is 4.79 Å². The van der Waals surface area contributed by atoms with Crippen molar-refractivity contribution in [1.82, 2.24) is 9.78 Å². The van der Waals surface area contributed by atoms with Gasteiger partial charge in [-0.05, 0) is 42.6 Å². The summed E-state index contributed by atoms with van der Waals surface area (Å²) in [5.41, 5.74) is 1.36. The molecule has 0 spiro atoms. The van der Waals surface area contributed by atoms with Gasteiger partial charge in [0.2, 0.25) is 5.91 Å². The number of carbonyl (C=O) groups is 1. The summed E-state index contributed by atoms with van der Waals surface area (Å²) in [6.07, 6.45) is 6.07. The molecule has 0 bridgehead atoms. The van der Waals surface area contributed by atoms with Crippen LogP contribution in [0.3, 0.4) is 0 Å². The fourth-order valence-electron chi connectivity index (χ4n) is 3.14.